The lowest BCUT2D eigenvalue weighted by Gasteiger charge is -2.04. The van der Waals surface area contributed by atoms with Gasteiger partial charge in [-0.2, -0.15) is 0 Å². The van der Waals surface area contributed by atoms with Crippen LogP contribution in [0.3, 0.4) is 0 Å². The molecule has 4 aromatic rings. The Hall–Kier alpha value is -4.84. The summed E-state index contributed by atoms with van der Waals surface area (Å²) < 4.78 is 0. The minimum Gasteiger partial charge on any atom is -0.478 e. The number of hydrogen-bond acceptors (Lipinski definition) is 4. The van der Waals surface area contributed by atoms with Gasteiger partial charge in [-0.1, -0.05) is 72.8 Å². The van der Waals surface area contributed by atoms with Gasteiger partial charge in [0.05, 0.1) is 0 Å². The molecule has 0 aliphatic carbocycles. The second-order valence-electron chi connectivity index (χ2n) is 6.72. The Balaban J connectivity index is 0.000000187. The molecule has 172 valence electrons. The zero-order valence-corrected chi connectivity index (χ0v) is 18.4. The fourth-order valence-electron chi connectivity index (χ4n) is 2.56. The Morgan fingerprint density at radius 1 is 0.441 bits per heavy atom. The summed E-state index contributed by atoms with van der Waals surface area (Å²) in [6, 6.07) is 40.6. The van der Waals surface area contributed by atoms with Crippen molar-refractivity contribution in [3.63, 3.8) is 0 Å². The van der Waals surface area contributed by atoms with E-state index >= 15 is 0 Å². The SMILES string of the molecule is O=C(O)/C=C/C(=O)O.c1ccc(Nc2ccccc2)cc1.c1ccc(Nc2ccccc2)cc1. The number of para-hydroxylation sites is 4. The molecule has 0 aromatic heterocycles. The average molecular weight is 455 g/mol. The first kappa shape index (κ1) is 25.4. The van der Waals surface area contributed by atoms with Crippen molar-refractivity contribution in [2.75, 3.05) is 10.6 Å². The third-order valence-corrected chi connectivity index (χ3v) is 4.04. The third-order valence-electron chi connectivity index (χ3n) is 4.04. The molecule has 6 nitrogen and oxygen atoms in total. The molecule has 4 aromatic carbocycles. The van der Waals surface area contributed by atoms with Gasteiger partial charge in [0.1, 0.15) is 0 Å². The highest BCUT2D eigenvalue weighted by Gasteiger charge is 1.91. The second-order valence-corrected chi connectivity index (χ2v) is 6.72. The molecule has 0 bridgehead atoms. The maximum atomic E-state index is 9.55. The van der Waals surface area contributed by atoms with Crippen LogP contribution in [0.25, 0.3) is 0 Å². The summed E-state index contributed by atoms with van der Waals surface area (Å²) >= 11 is 0. The van der Waals surface area contributed by atoms with Crippen molar-refractivity contribution in [1.29, 1.82) is 0 Å². The highest BCUT2D eigenvalue weighted by Crippen LogP contribution is 2.15. The Morgan fingerprint density at radius 2 is 0.647 bits per heavy atom. The molecule has 0 radical (unpaired) electrons. The number of hydrogen-bond donors (Lipinski definition) is 4. The quantitative estimate of drug-likeness (QED) is 0.246. The Morgan fingerprint density at radius 3 is 0.824 bits per heavy atom. The second kappa shape index (κ2) is 15.0. The monoisotopic (exact) mass is 454 g/mol. The van der Waals surface area contributed by atoms with Gasteiger partial charge < -0.3 is 20.8 Å². The maximum absolute atomic E-state index is 9.55. The van der Waals surface area contributed by atoms with Crippen LogP contribution in [0.4, 0.5) is 22.7 Å². The van der Waals surface area contributed by atoms with Gasteiger partial charge in [-0.05, 0) is 48.5 Å². The molecule has 0 atom stereocenters. The fourth-order valence-corrected chi connectivity index (χ4v) is 2.56. The molecule has 0 amide bonds. The van der Waals surface area contributed by atoms with E-state index in [1.54, 1.807) is 0 Å². The average Bonchev–Trinajstić information content (AvgIpc) is 2.86. The molecule has 0 aliphatic rings. The van der Waals surface area contributed by atoms with Gasteiger partial charge in [-0.25, -0.2) is 9.59 Å². The summed E-state index contributed by atoms with van der Waals surface area (Å²) in [5, 5.41) is 22.2. The van der Waals surface area contributed by atoms with Crippen LogP contribution in [0.5, 0.6) is 0 Å². The van der Waals surface area contributed by atoms with E-state index in [9.17, 15) is 9.59 Å². The number of aliphatic carboxylic acids is 2. The molecule has 0 spiro atoms. The first-order valence-corrected chi connectivity index (χ1v) is 10.4. The first-order chi connectivity index (χ1) is 16.5. The van der Waals surface area contributed by atoms with Crippen LogP contribution in [0.2, 0.25) is 0 Å². The first-order valence-electron chi connectivity index (χ1n) is 10.4. The highest BCUT2D eigenvalue weighted by atomic mass is 16.4. The van der Waals surface area contributed by atoms with Crippen molar-refractivity contribution in [3.8, 4) is 0 Å². The topological polar surface area (TPSA) is 98.7 Å². The predicted octanol–water partition coefficient (Wildman–Crippen LogP) is 6.57. The van der Waals surface area contributed by atoms with Gasteiger partial charge in [-0.3, -0.25) is 0 Å². The van der Waals surface area contributed by atoms with Gasteiger partial charge in [-0.15, -0.1) is 0 Å². The van der Waals surface area contributed by atoms with Crippen molar-refractivity contribution in [2.24, 2.45) is 0 Å². The number of rotatable bonds is 6. The number of nitrogens with one attached hydrogen (secondary N) is 2. The summed E-state index contributed by atoms with van der Waals surface area (Å²) in [5.74, 6) is -2.51. The number of anilines is 4. The maximum Gasteiger partial charge on any atom is 0.328 e. The molecule has 0 aliphatic heterocycles. The van der Waals surface area contributed by atoms with E-state index in [0.29, 0.717) is 12.2 Å². The molecule has 0 fully saturated rings. The van der Waals surface area contributed by atoms with Gasteiger partial charge in [0.2, 0.25) is 0 Å². The summed E-state index contributed by atoms with van der Waals surface area (Å²) in [6.07, 6.45) is 1.12. The number of benzene rings is 4. The standard InChI is InChI=1S/2C12H11N.C4H4O4/c2*1-3-7-11(8-4-1)13-12-9-5-2-6-10-12;5-3(6)1-2-4(7)8/h2*1-10,13H;1-2H,(H,5,6)(H,7,8)/b;;2-1+. The molecule has 4 N–H and O–H groups in total. The van der Waals surface area contributed by atoms with Crippen LogP contribution >= 0.6 is 0 Å². The van der Waals surface area contributed by atoms with Gasteiger partial charge in [0.15, 0.2) is 0 Å². The van der Waals surface area contributed by atoms with Crippen LogP contribution < -0.4 is 10.6 Å². The third kappa shape index (κ3) is 11.5. The van der Waals surface area contributed by atoms with Gasteiger partial charge >= 0.3 is 11.9 Å². The smallest absolute Gasteiger partial charge is 0.328 e. The normalized spacial score (nSPS) is 9.53. The molecule has 0 saturated heterocycles. The minimum atomic E-state index is -1.26. The van der Waals surface area contributed by atoms with Crippen molar-refractivity contribution in [2.45, 2.75) is 0 Å². The van der Waals surface area contributed by atoms with Crippen LogP contribution in [0, 0.1) is 0 Å². The number of carbonyl (C=O) groups is 2. The molecular weight excluding hydrogens is 428 g/mol. The van der Waals surface area contributed by atoms with Crippen LogP contribution in [-0.2, 0) is 9.59 Å². The molecular formula is C28H26N2O4. The van der Waals surface area contributed by atoms with Gasteiger partial charge in [0, 0.05) is 34.9 Å². The summed E-state index contributed by atoms with van der Waals surface area (Å²) in [6.45, 7) is 0. The summed E-state index contributed by atoms with van der Waals surface area (Å²) in [7, 11) is 0. The zero-order chi connectivity index (χ0) is 24.4. The minimum absolute atomic E-state index is 0.558. The van der Waals surface area contributed by atoms with E-state index in [-0.39, 0.29) is 0 Å². The molecule has 6 heteroatoms. The van der Waals surface area contributed by atoms with E-state index < -0.39 is 11.9 Å². The number of carboxylic acids is 2. The van der Waals surface area contributed by atoms with Crippen molar-refractivity contribution >= 4 is 34.7 Å². The lowest BCUT2D eigenvalue weighted by molar-refractivity contribution is -0.134. The Kier molecular flexibility index (Phi) is 11.2. The van der Waals surface area contributed by atoms with E-state index in [1.807, 2.05) is 121 Å². The van der Waals surface area contributed by atoms with Crippen molar-refractivity contribution in [3.05, 3.63) is 133 Å². The van der Waals surface area contributed by atoms with E-state index in [4.69, 9.17) is 10.2 Å². The predicted molar refractivity (Wildman–Crippen MR) is 137 cm³/mol. The lowest BCUT2D eigenvalue weighted by Crippen LogP contribution is -1.91. The van der Waals surface area contributed by atoms with Crippen molar-refractivity contribution in [1.82, 2.24) is 0 Å². The zero-order valence-electron chi connectivity index (χ0n) is 18.4. The van der Waals surface area contributed by atoms with Gasteiger partial charge in [0.25, 0.3) is 0 Å². The molecule has 0 saturated carbocycles. The molecule has 0 unspecified atom stereocenters. The summed E-state index contributed by atoms with van der Waals surface area (Å²) in [4.78, 5) is 19.1. The van der Waals surface area contributed by atoms with Crippen LogP contribution in [0.1, 0.15) is 0 Å². The largest absolute Gasteiger partial charge is 0.478 e. The van der Waals surface area contributed by atoms with E-state index in [2.05, 4.69) is 10.6 Å². The van der Waals surface area contributed by atoms with Crippen LogP contribution in [-0.4, -0.2) is 22.2 Å². The van der Waals surface area contributed by atoms with Crippen LogP contribution in [0.15, 0.2) is 133 Å². The van der Waals surface area contributed by atoms with E-state index in [1.165, 1.54) is 0 Å². The molecule has 0 heterocycles. The molecule has 34 heavy (non-hydrogen) atoms. The lowest BCUT2D eigenvalue weighted by atomic mass is 10.3. The Bertz CT molecular complexity index is 966. The number of carboxylic acid groups (broad SMARTS) is 2. The fraction of sp³-hybridized carbons (Fsp3) is 0. The van der Waals surface area contributed by atoms with Crippen molar-refractivity contribution < 1.29 is 19.8 Å². The highest BCUT2D eigenvalue weighted by molar-refractivity contribution is 5.89. The Labute approximate surface area is 198 Å². The van der Waals surface area contributed by atoms with E-state index in [0.717, 1.165) is 22.7 Å². The molecule has 4 rings (SSSR count). The summed E-state index contributed by atoms with van der Waals surface area (Å²) in [5.41, 5.74) is 4.48.